The lowest BCUT2D eigenvalue weighted by molar-refractivity contribution is 0.127. The van der Waals surface area contributed by atoms with Gasteiger partial charge in [-0.15, -0.1) is 0 Å². The van der Waals surface area contributed by atoms with Crippen LogP contribution < -0.4 is 10.5 Å². The van der Waals surface area contributed by atoms with Crippen molar-refractivity contribution in [2.75, 3.05) is 18.9 Å². The molecule has 0 aromatic rings. The van der Waals surface area contributed by atoms with E-state index in [2.05, 4.69) is 4.72 Å². The Morgan fingerprint density at radius 1 is 1.17 bits per heavy atom. The van der Waals surface area contributed by atoms with Gasteiger partial charge in [0, 0.05) is 19.2 Å². The first kappa shape index (κ1) is 14.2. The fourth-order valence-electron chi connectivity index (χ4n) is 2.72. The Labute approximate surface area is 110 Å². The quantitative estimate of drug-likeness (QED) is 0.770. The molecule has 18 heavy (non-hydrogen) atoms. The number of nitrogens with one attached hydrogen (secondary N) is 1. The molecule has 5 nitrogen and oxygen atoms in total. The summed E-state index contributed by atoms with van der Waals surface area (Å²) in [6.45, 7) is 1.25. The minimum Gasteiger partial charge on any atom is -0.377 e. The third kappa shape index (κ3) is 4.50. The largest absolute Gasteiger partial charge is 0.377 e. The van der Waals surface area contributed by atoms with Crippen molar-refractivity contribution < 1.29 is 13.2 Å². The molecular weight excluding hydrogens is 252 g/mol. The molecule has 1 saturated heterocycles. The van der Waals surface area contributed by atoms with Crippen LogP contribution in [0, 0.1) is 5.92 Å². The van der Waals surface area contributed by atoms with Crippen LogP contribution in [-0.2, 0) is 14.8 Å². The number of nitrogens with two attached hydrogens (primary N) is 1. The number of ether oxygens (including phenoxy) is 1. The van der Waals surface area contributed by atoms with Gasteiger partial charge in [0.15, 0.2) is 0 Å². The smallest absolute Gasteiger partial charge is 0.214 e. The zero-order chi connectivity index (χ0) is 13.0. The maximum absolute atomic E-state index is 11.9. The molecule has 1 unspecified atom stereocenters. The fourth-order valence-corrected chi connectivity index (χ4v) is 4.08. The molecule has 2 rings (SSSR count). The van der Waals surface area contributed by atoms with Gasteiger partial charge in [0.05, 0.1) is 11.9 Å². The summed E-state index contributed by atoms with van der Waals surface area (Å²) in [6.07, 6.45) is 5.81. The van der Waals surface area contributed by atoms with Crippen molar-refractivity contribution in [3.05, 3.63) is 0 Å². The Balaban J connectivity index is 1.71. The number of hydrogen-bond acceptors (Lipinski definition) is 4. The Kier molecular flexibility index (Phi) is 5.00. The Morgan fingerprint density at radius 3 is 2.50 bits per heavy atom. The second-order valence-electron chi connectivity index (χ2n) is 5.55. The predicted molar refractivity (Wildman–Crippen MR) is 70.7 cm³/mol. The minimum absolute atomic E-state index is 0.109. The summed E-state index contributed by atoms with van der Waals surface area (Å²) in [7, 11) is -3.18. The first-order valence-corrected chi connectivity index (χ1v) is 8.55. The number of sulfonamides is 1. The molecule has 2 fully saturated rings. The second kappa shape index (κ2) is 6.32. The average Bonchev–Trinajstić information content (AvgIpc) is 2.80. The van der Waals surface area contributed by atoms with E-state index in [1.807, 2.05) is 0 Å². The average molecular weight is 276 g/mol. The maximum Gasteiger partial charge on any atom is 0.214 e. The molecule has 0 aromatic heterocycles. The lowest BCUT2D eigenvalue weighted by atomic mass is 9.87. The second-order valence-corrected chi connectivity index (χ2v) is 7.40. The van der Waals surface area contributed by atoms with Crippen LogP contribution in [-0.4, -0.2) is 39.5 Å². The van der Waals surface area contributed by atoms with E-state index in [9.17, 15) is 8.42 Å². The molecule has 0 amide bonds. The monoisotopic (exact) mass is 276 g/mol. The van der Waals surface area contributed by atoms with Crippen LogP contribution in [0.4, 0.5) is 0 Å². The summed E-state index contributed by atoms with van der Waals surface area (Å²) in [5, 5.41) is 0. The van der Waals surface area contributed by atoms with Crippen LogP contribution in [0.15, 0.2) is 0 Å². The summed E-state index contributed by atoms with van der Waals surface area (Å²) in [6, 6.07) is 0.310. The van der Waals surface area contributed by atoms with E-state index in [4.69, 9.17) is 10.5 Å². The highest BCUT2D eigenvalue weighted by molar-refractivity contribution is 7.89. The highest BCUT2D eigenvalue weighted by Gasteiger charge is 2.25. The summed E-state index contributed by atoms with van der Waals surface area (Å²) in [5.41, 5.74) is 5.83. The van der Waals surface area contributed by atoms with E-state index < -0.39 is 10.0 Å². The standard InChI is InChI=1S/C12H24N2O3S/c13-11-5-3-10(4-6-11)8-14-18(15,16)9-12-2-1-7-17-12/h10-12,14H,1-9,13H2. The predicted octanol–water partition coefficient (Wildman–Crippen LogP) is 0.602. The highest BCUT2D eigenvalue weighted by Crippen LogP contribution is 2.22. The lowest BCUT2D eigenvalue weighted by Gasteiger charge is -2.26. The van der Waals surface area contributed by atoms with Crippen molar-refractivity contribution in [1.82, 2.24) is 4.72 Å². The van der Waals surface area contributed by atoms with Gasteiger partial charge < -0.3 is 10.5 Å². The summed E-state index contributed by atoms with van der Waals surface area (Å²) < 4.78 is 31.8. The van der Waals surface area contributed by atoms with Gasteiger partial charge in [-0.3, -0.25) is 0 Å². The van der Waals surface area contributed by atoms with Gasteiger partial charge in [-0.05, 0) is 44.4 Å². The van der Waals surface area contributed by atoms with E-state index in [1.165, 1.54) is 0 Å². The van der Waals surface area contributed by atoms with Gasteiger partial charge >= 0.3 is 0 Å². The maximum atomic E-state index is 11.9. The Bertz CT molecular complexity index is 344. The van der Waals surface area contributed by atoms with Crippen molar-refractivity contribution in [1.29, 1.82) is 0 Å². The van der Waals surface area contributed by atoms with E-state index in [1.54, 1.807) is 0 Å². The van der Waals surface area contributed by atoms with E-state index in [0.717, 1.165) is 38.5 Å². The molecule has 106 valence electrons. The topological polar surface area (TPSA) is 81.4 Å². The Morgan fingerprint density at radius 2 is 1.89 bits per heavy atom. The van der Waals surface area contributed by atoms with Crippen LogP contribution in [0.5, 0.6) is 0 Å². The molecule has 1 heterocycles. The van der Waals surface area contributed by atoms with Crippen molar-refractivity contribution in [2.45, 2.75) is 50.7 Å². The first-order chi connectivity index (χ1) is 8.55. The van der Waals surface area contributed by atoms with Crippen LogP contribution in [0.25, 0.3) is 0 Å². The third-order valence-corrected chi connectivity index (χ3v) is 5.33. The number of hydrogen-bond donors (Lipinski definition) is 2. The molecule has 0 radical (unpaired) electrons. The van der Waals surface area contributed by atoms with Crippen LogP contribution >= 0.6 is 0 Å². The fraction of sp³-hybridized carbons (Fsp3) is 1.00. The van der Waals surface area contributed by atoms with Gasteiger partial charge in [-0.1, -0.05) is 0 Å². The van der Waals surface area contributed by atoms with Gasteiger partial charge in [-0.2, -0.15) is 0 Å². The molecule has 2 aliphatic rings. The molecule has 0 aromatic carbocycles. The van der Waals surface area contributed by atoms with Crippen LogP contribution in [0.1, 0.15) is 38.5 Å². The zero-order valence-electron chi connectivity index (χ0n) is 10.8. The lowest BCUT2D eigenvalue weighted by Crippen LogP contribution is -2.37. The Hall–Kier alpha value is -0.170. The molecule has 0 spiro atoms. The molecule has 6 heteroatoms. The van der Waals surface area contributed by atoms with Gasteiger partial charge in [0.25, 0.3) is 0 Å². The van der Waals surface area contributed by atoms with Gasteiger partial charge in [0.1, 0.15) is 0 Å². The third-order valence-electron chi connectivity index (χ3n) is 3.91. The SMILES string of the molecule is NC1CCC(CNS(=O)(=O)CC2CCCO2)CC1. The van der Waals surface area contributed by atoms with Crippen molar-refractivity contribution in [3.63, 3.8) is 0 Å². The van der Waals surface area contributed by atoms with Gasteiger partial charge in [0.2, 0.25) is 10.0 Å². The summed E-state index contributed by atoms with van der Waals surface area (Å²) in [5.74, 6) is 0.559. The molecule has 1 aliphatic carbocycles. The first-order valence-electron chi connectivity index (χ1n) is 6.90. The minimum atomic E-state index is -3.18. The van der Waals surface area contributed by atoms with Gasteiger partial charge in [-0.25, -0.2) is 13.1 Å². The molecule has 0 bridgehead atoms. The van der Waals surface area contributed by atoms with E-state index in [0.29, 0.717) is 25.1 Å². The normalized spacial score (nSPS) is 33.7. The number of rotatable bonds is 5. The van der Waals surface area contributed by atoms with Crippen molar-refractivity contribution >= 4 is 10.0 Å². The van der Waals surface area contributed by atoms with Crippen LogP contribution in [0.3, 0.4) is 0 Å². The molecule has 1 aliphatic heterocycles. The summed E-state index contributed by atoms with van der Waals surface area (Å²) >= 11 is 0. The van der Waals surface area contributed by atoms with Crippen molar-refractivity contribution in [3.8, 4) is 0 Å². The molecular formula is C12H24N2O3S. The van der Waals surface area contributed by atoms with Crippen LogP contribution in [0.2, 0.25) is 0 Å². The molecule has 3 N–H and O–H groups in total. The molecule has 1 atom stereocenters. The zero-order valence-corrected chi connectivity index (χ0v) is 11.6. The van der Waals surface area contributed by atoms with Crippen molar-refractivity contribution in [2.24, 2.45) is 11.7 Å². The van der Waals surface area contributed by atoms with E-state index >= 15 is 0 Å². The molecule has 1 saturated carbocycles. The summed E-state index contributed by atoms with van der Waals surface area (Å²) in [4.78, 5) is 0. The van der Waals surface area contributed by atoms with E-state index in [-0.39, 0.29) is 11.9 Å². The highest BCUT2D eigenvalue weighted by atomic mass is 32.2.